The SMILES string of the molecule is CC1(O)CCC(C)(C(=O)O)C1(C)C. The minimum Gasteiger partial charge on any atom is -0.481 e. The molecule has 13 heavy (non-hydrogen) atoms. The summed E-state index contributed by atoms with van der Waals surface area (Å²) in [4.78, 5) is 11.1. The Hall–Kier alpha value is -0.570. The van der Waals surface area contributed by atoms with E-state index in [1.54, 1.807) is 13.8 Å². The molecule has 1 aliphatic rings. The monoisotopic (exact) mass is 186 g/mol. The van der Waals surface area contributed by atoms with Gasteiger partial charge in [-0.2, -0.15) is 0 Å². The van der Waals surface area contributed by atoms with Gasteiger partial charge in [-0.15, -0.1) is 0 Å². The summed E-state index contributed by atoms with van der Waals surface area (Å²) in [6.45, 7) is 7.10. The lowest BCUT2D eigenvalue weighted by molar-refractivity contribution is -0.160. The van der Waals surface area contributed by atoms with Crippen LogP contribution in [0.5, 0.6) is 0 Å². The van der Waals surface area contributed by atoms with Gasteiger partial charge in [0.05, 0.1) is 11.0 Å². The summed E-state index contributed by atoms with van der Waals surface area (Å²) in [6.07, 6.45) is 1.10. The number of aliphatic hydroxyl groups is 1. The Morgan fingerprint density at radius 3 is 1.77 bits per heavy atom. The third-order valence-corrected chi connectivity index (χ3v) is 4.31. The van der Waals surface area contributed by atoms with Crippen molar-refractivity contribution >= 4 is 5.97 Å². The Bertz CT molecular complexity index is 243. The number of hydrogen-bond acceptors (Lipinski definition) is 2. The van der Waals surface area contributed by atoms with E-state index >= 15 is 0 Å². The highest BCUT2D eigenvalue weighted by Gasteiger charge is 2.61. The lowest BCUT2D eigenvalue weighted by Gasteiger charge is -2.41. The summed E-state index contributed by atoms with van der Waals surface area (Å²) in [6, 6.07) is 0. The molecule has 0 bridgehead atoms. The topological polar surface area (TPSA) is 57.5 Å². The second kappa shape index (κ2) is 2.47. The predicted molar refractivity (Wildman–Crippen MR) is 49.4 cm³/mol. The van der Waals surface area contributed by atoms with Crippen LogP contribution in [0.2, 0.25) is 0 Å². The fraction of sp³-hybridized carbons (Fsp3) is 0.900. The largest absolute Gasteiger partial charge is 0.481 e. The van der Waals surface area contributed by atoms with Crippen molar-refractivity contribution in [3.63, 3.8) is 0 Å². The second-order valence-corrected chi connectivity index (χ2v) is 5.04. The van der Waals surface area contributed by atoms with Crippen molar-refractivity contribution < 1.29 is 15.0 Å². The van der Waals surface area contributed by atoms with Gasteiger partial charge in [0, 0.05) is 5.41 Å². The van der Waals surface area contributed by atoms with E-state index in [4.69, 9.17) is 5.11 Å². The normalized spacial score (nSPS) is 43.5. The Kier molecular flexibility index (Phi) is 2.00. The summed E-state index contributed by atoms with van der Waals surface area (Å²) in [5.74, 6) is -0.810. The summed E-state index contributed by atoms with van der Waals surface area (Å²) < 4.78 is 0. The van der Waals surface area contributed by atoms with Crippen molar-refractivity contribution in [1.29, 1.82) is 0 Å². The molecule has 3 heteroatoms. The van der Waals surface area contributed by atoms with Gasteiger partial charge in [-0.1, -0.05) is 13.8 Å². The van der Waals surface area contributed by atoms with Gasteiger partial charge >= 0.3 is 5.97 Å². The molecule has 0 aliphatic heterocycles. The fourth-order valence-corrected chi connectivity index (χ4v) is 2.09. The third kappa shape index (κ3) is 1.10. The van der Waals surface area contributed by atoms with Crippen LogP contribution in [0, 0.1) is 10.8 Å². The van der Waals surface area contributed by atoms with Gasteiger partial charge in [-0.25, -0.2) is 0 Å². The minimum absolute atomic E-state index is 0.544. The molecule has 1 saturated carbocycles. The number of hydrogen-bond donors (Lipinski definition) is 2. The Morgan fingerprint density at radius 2 is 1.62 bits per heavy atom. The first-order valence-corrected chi connectivity index (χ1v) is 4.61. The molecule has 1 aliphatic carbocycles. The molecule has 0 aromatic heterocycles. The van der Waals surface area contributed by atoms with Crippen LogP contribution in [-0.4, -0.2) is 21.8 Å². The highest BCUT2D eigenvalue weighted by molar-refractivity contribution is 5.76. The first-order valence-electron chi connectivity index (χ1n) is 4.61. The van der Waals surface area contributed by atoms with Crippen molar-refractivity contribution in [2.75, 3.05) is 0 Å². The summed E-state index contributed by atoms with van der Waals surface area (Å²) in [5, 5.41) is 19.2. The van der Waals surface area contributed by atoms with Crippen molar-refractivity contribution in [3.8, 4) is 0 Å². The molecular formula is C10H18O3. The maximum atomic E-state index is 11.1. The molecule has 3 nitrogen and oxygen atoms in total. The van der Waals surface area contributed by atoms with Crippen LogP contribution in [0.3, 0.4) is 0 Å². The number of carboxylic acid groups (broad SMARTS) is 1. The zero-order valence-electron chi connectivity index (χ0n) is 8.72. The molecule has 0 radical (unpaired) electrons. The standard InChI is InChI=1S/C10H18O3/c1-8(2)9(3,7(11)12)5-6-10(8,4)13/h13H,5-6H2,1-4H3,(H,11,12). The van der Waals surface area contributed by atoms with Crippen LogP contribution in [0.4, 0.5) is 0 Å². The van der Waals surface area contributed by atoms with E-state index in [1.165, 1.54) is 0 Å². The molecule has 0 spiro atoms. The van der Waals surface area contributed by atoms with E-state index in [-0.39, 0.29) is 0 Å². The second-order valence-electron chi connectivity index (χ2n) is 5.04. The zero-order chi connectivity index (χ0) is 10.5. The van der Waals surface area contributed by atoms with Gasteiger partial charge in [0.2, 0.25) is 0 Å². The smallest absolute Gasteiger partial charge is 0.310 e. The maximum absolute atomic E-state index is 11.1. The molecule has 0 aromatic rings. The molecule has 0 heterocycles. The van der Waals surface area contributed by atoms with Gasteiger partial charge in [-0.05, 0) is 26.7 Å². The van der Waals surface area contributed by atoms with Gasteiger partial charge in [0.25, 0.3) is 0 Å². The number of carboxylic acids is 1. The van der Waals surface area contributed by atoms with Crippen LogP contribution in [-0.2, 0) is 4.79 Å². The summed E-state index contributed by atoms with van der Waals surface area (Å²) in [5.41, 5.74) is -2.26. The van der Waals surface area contributed by atoms with Crippen LogP contribution in [0.15, 0.2) is 0 Å². The van der Waals surface area contributed by atoms with Crippen molar-refractivity contribution in [3.05, 3.63) is 0 Å². The highest BCUT2D eigenvalue weighted by atomic mass is 16.4. The fourth-order valence-electron chi connectivity index (χ4n) is 2.09. The van der Waals surface area contributed by atoms with Crippen molar-refractivity contribution in [1.82, 2.24) is 0 Å². The summed E-state index contributed by atoms with van der Waals surface area (Å²) >= 11 is 0. The molecule has 2 N–H and O–H groups in total. The quantitative estimate of drug-likeness (QED) is 0.654. The van der Waals surface area contributed by atoms with Gasteiger partial charge in [-0.3, -0.25) is 4.79 Å². The van der Waals surface area contributed by atoms with Crippen LogP contribution in [0.25, 0.3) is 0 Å². The van der Waals surface area contributed by atoms with Crippen molar-refractivity contribution in [2.45, 2.75) is 46.1 Å². The first-order chi connectivity index (χ1) is 5.65. The van der Waals surface area contributed by atoms with E-state index in [2.05, 4.69) is 0 Å². The van der Waals surface area contributed by atoms with E-state index in [1.807, 2.05) is 13.8 Å². The lowest BCUT2D eigenvalue weighted by Crippen LogP contribution is -2.48. The maximum Gasteiger partial charge on any atom is 0.310 e. The van der Waals surface area contributed by atoms with E-state index in [0.29, 0.717) is 12.8 Å². The van der Waals surface area contributed by atoms with Crippen LogP contribution >= 0.6 is 0 Å². The van der Waals surface area contributed by atoms with Gasteiger partial charge < -0.3 is 10.2 Å². The summed E-state index contributed by atoms with van der Waals surface area (Å²) in [7, 11) is 0. The Morgan fingerprint density at radius 1 is 1.15 bits per heavy atom. The zero-order valence-corrected chi connectivity index (χ0v) is 8.72. The van der Waals surface area contributed by atoms with Crippen molar-refractivity contribution in [2.24, 2.45) is 10.8 Å². The first kappa shape index (κ1) is 10.5. The predicted octanol–water partition coefficient (Wildman–Crippen LogP) is 1.65. The Labute approximate surface area is 78.8 Å². The molecule has 0 saturated heterocycles. The highest BCUT2D eigenvalue weighted by Crippen LogP contribution is 2.57. The Balaban J connectivity index is 3.14. The number of aliphatic carboxylic acids is 1. The molecule has 76 valence electrons. The number of carbonyl (C=O) groups is 1. The van der Waals surface area contributed by atoms with E-state index < -0.39 is 22.4 Å². The average Bonchev–Trinajstić information content (AvgIpc) is 2.12. The third-order valence-electron chi connectivity index (χ3n) is 4.31. The molecule has 1 fully saturated rings. The van der Waals surface area contributed by atoms with E-state index in [0.717, 1.165) is 0 Å². The molecule has 0 aromatic carbocycles. The number of rotatable bonds is 1. The molecule has 0 amide bonds. The lowest BCUT2D eigenvalue weighted by atomic mass is 9.64. The van der Waals surface area contributed by atoms with Gasteiger partial charge in [0.1, 0.15) is 0 Å². The van der Waals surface area contributed by atoms with Crippen LogP contribution < -0.4 is 0 Å². The molecule has 1 rings (SSSR count). The molecule has 2 unspecified atom stereocenters. The van der Waals surface area contributed by atoms with Crippen LogP contribution in [0.1, 0.15) is 40.5 Å². The van der Waals surface area contributed by atoms with E-state index in [9.17, 15) is 9.90 Å². The molecule has 2 atom stereocenters. The molecular weight excluding hydrogens is 168 g/mol. The average molecular weight is 186 g/mol. The van der Waals surface area contributed by atoms with Gasteiger partial charge in [0.15, 0.2) is 0 Å². The minimum atomic E-state index is -0.875.